The summed E-state index contributed by atoms with van der Waals surface area (Å²) in [6, 6.07) is 91.3. The Hall–Kier alpha value is -8.00. The Morgan fingerprint density at radius 1 is 0.226 bits per heavy atom. The van der Waals surface area contributed by atoms with E-state index in [1.807, 2.05) is 0 Å². The summed E-state index contributed by atoms with van der Waals surface area (Å²) in [6.07, 6.45) is 0. The topological polar surface area (TPSA) is 3.24 Å². The zero-order valence-electron chi connectivity index (χ0n) is 34.1. The molecule has 0 radical (unpaired) electrons. The van der Waals surface area contributed by atoms with Crippen molar-refractivity contribution in [2.75, 3.05) is 4.90 Å². The Labute approximate surface area is 363 Å². The molecule has 1 heteroatoms. The molecule has 0 fully saturated rings. The predicted molar refractivity (Wildman–Crippen MR) is 259 cm³/mol. The molecule has 2 aliphatic rings. The van der Waals surface area contributed by atoms with E-state index in [4.69, 9.17) is 0 Å². The van der Waals surface area contributed by atoms with Crippen LogP contribution in [0.15, 0.2) is 249 Å². The third-order valence-electron chi connectivity index (χ3n) is 13.1. The quantitative estimate of drug-likeness (QED) is 0.155. The Balaban J connectivity index is 0.968. The van der Waals surface area contributed by atoms with Crippen LogP contribution in [0.25, 0.3) is 66.8 Å². The molecule has 0 saturated carbocycles. The van der Waals surface area contributed by atoms with Gasteiger partial charge in [0.15, 0.2) is 0 Å². The maximum atomic E-state index is 2.46. The van der Waals surface area contributed by atoms with Crippen molar-refractivity contribution in [3.63, 3.8) is 0 Å². The van der Waals surface area contributed by atoms with Crippen LogP contribution in [0, 0.1) is 0 Å². The van der Waals surface area contributed by atoms with Crippen LogP contribution in [0.2, 0.25) is 0 Å². The summed E-state index contributed by atoms with van der Waals surface area (Å²) in [5.41, 5.74) is 23.2. The second-order valence-electron chi connectivity index (χ2n) is 16.4. The maximum Gasteiger partial charge on any atom is 0.0726 e. The van der Waals surface area contributed by atoms with Gasteiger partial charge in [0.25, 0.3) is 0 Å². The van der Waals surface area contributed by atoms with Crippen molar-refractivity contribution < 1.29 is 0 Å². The average Bonchev–Trinajstić information content (AvgIpc) is 3.83. The van der Waals surface area contributed by atoms with Crippen molar-refractivity contribution in [1.29, 1.82) is 0 Å². The lowest BCUT2D eigenvalue weighted by atomic mass is 9.70. The van der Waals surface area contributed by atoms with E-state index in [1.165, 1.54) is 89.0 Å². The molecule has 1 nitrogen and oxygen atoms in total. The zero-order chi connectivity index (χ0) is 41.0. The van der Waals surface area contributed by atoms with Crippen LogP contribution >= 0.6 is 0 Å². The van der Waals surface area contributed by atoms with Crippen molar-refractivity contribution >= 4 is 17.1 Å². The van der Waals surface area contributed by atoms with Gasteiger partial charge in [-0.1, -0.05) is 218 Å². The van der Waals surface area contributed by atoms with Gasteiger partial charge in [0.1, 0.15) is 0 Å². The number of hydrogen-bond acceptors (Lipinski definition) is 1. The Morgan fingerprint density at radius 3 is 0.952 bits per heavy atom. The van der Waals surface area contributed by atoms with Gasteiger partial charge in [-0.3, -0.25) is 0 Å². The van der Waals surface area contributed by atoms with Gasteiger partial charge >= 0.3 is 0 Å². The van der Waals surface area contributed by atoms with Gasteiger partial charge in [0.2, 0.25) is 0 Å². The number of nitrogens with zero attached hydrogens (tertiary/aromatic N) is 1. The lowest BCUT2D eigenvalue weighted by Gasteiger charge is -2.32. The van der Waals surface area contributed by atoms with E-state index in [2.05, 4.69) is 254 Å². The molecule has 0 atom stereocenters. The minimum absolute atomic E-state index is 0.419. The molecule has 0 aliphatic heterocycles. The Bertz CT molecular complexity index is 3190. The normalized spacial score (nSPS) is 12.6. The first-order valence-corrected chi connectivity index (χ1v) is 21.5. The summed E-state index contributed by atoms with van der Waals surface area (Å²) in [7, 11) is 0. The first-order chi connectivity index (χ1) is 30.8. The molecule has 10 aromatic carbocycles. The van der Waals surface area contributed by atoms with Crippen LogP contribution in [-0.2, 0) is 5.41 Å². The summed E-state index contributed by atoms with van der Waals surface area (Å²) < 4.78 is 0. The van der Waals surface area contributed by atoms with E-state index in [1.54, 1.807) is 0 Å². The Kier molecular flexibility index (Phi) is 8.47. The van der Waals surface area contributed by atoms with Crippen LogP contribution in [-0.4, -0.2) is 0 Å². The van der Waals surface area contributed by atoms with Gasteiger partial charge in [-0.25, -0.2) is 0 Å². The molecule has 0 amide bonds. The van der Waals surface area contributed by atoms with Crippen LogP contribution in [0.1, 0.15) is 22.3 Å². The fourth-order valence-corrected chi connectivity index (χ4v) is 10.3. The fraction of sp³-hybridized carbons (Fsp3) is 0.0164. The van der Waals surface area contributed by atoms with Crippen LogP contribution < -0.4 is 4.90 Å². The zero-order valence-corrected chi connectivity index (χ0v) is 34.1. The van der Waals surface area contributed by atoms with E-state index in [0.29, 0.717) is 0 Å². The summed E-state index contributed by atoms with van der Waals surface area (Å²) in [4.78, 5) is 2.46. The average molecular weight is 788 g/mol. The van der Waals surface area contributed by atoms with Crippen molar-refractivity contribution in [2.45, 2.75) is 5.41 Å². The summed E-state index contributed by atoms with van der Waals surface area (Å²) in [5.74, 6) is 0. The van der Waals surface area contributed by atoms with Crippen LogP contribution in [0.5, 0.6) is 0 Å². The van der Waals surface area contributed by atoms with Gasteiger partial charge in [-0.2, -0.15) is 0 Å². The largest absolute Gasteiger partial charge is 0.310 e. The van der Waals surface area contributed by atoms with E-state index < -0.39 is 5.41 Å². The van der Waals surface area contributed by atoms with Gasteiger partial charge in [0, 0.05) is 16.9 Å². The maximum absolute atomic E-state index is 2.46. The SMILES string of the molecule is c1ccc(-c2ccc(-c3ccc(-c4ccc(N(c5ccc(-c6ccccc6)cc5)c5cccc6c5-c5ccccc5C65c6ccccc6-c6ccccc65)cc4)cc3)cc2)cc1. The first-order valence-electron chi connectivity index (χ1n) is 21.5. The predicted octanol–water partition coefficient (Wildman–Crippen LogP) is 16.2. The molecular formula is C61H41N. The molecule has 2 aliphatic carbocycles. The van der Waals surface area contributed by atoms with Gasteiger partial charge in [-0.05, 0) is 114 Å². The van der Waals surface area contributed by atoms with E-state index in [0.717, 1.165) is 17.1 Å². The van der Waals surface area contributed by atoms with Crippen LogP contribution in [0.3, 0.4) is 0 Å². The molecular weight excluding hydrogens is 747 g/mol. The summed E-state index contributed by atoms with van der Waals surface area (Å²) in [5, 5.41) is 0. The highest BCUT2D eigenvalue weighted by molar-refractivity contribution is 6.01. The molecule has 0 unspecified atom stereocenters. The van der Waals surface area contributed by atoms with Gasteiger partial charge in [-0.15, -0.1) is 0 Å². The van der Waals surface area contributed by atoms with Gasteiger partial charge < -0.3 is 4.90 Å². The van der Waals surface area contributed by atoms with Crippen molar-refractivity contribution in [2.24, 2.45) is 0 Å². The smallest absolute Gasteiger partial charge is 0.0726 e. The Morgan fingerprint density at radius 2 is 0.532 bits per heavy atom. The number of rotatable bonds is 7. The minimum atomic E-state index is -0.419. The molecule has 0 bridgehead atoms. The van der Waals surface area contributed by atoms with E-state index >= 15 is 0 Å². The minimum Gasteiger partial charge on any atom is -0.310 e. The summed E-state index contributed by atoms with van der Waals surface area (Å²) >= 11 is 0. The van der Waals surface area contributed by atoms with Gasteiger partial charge in [0.05, 0.1) is 11.1 Å². The molecule has 1 spiro atoms. The monoisotopic (exact) mass is 787 g/mol. The number of benzene rings is 10. The van der Waals surface area contributed by atoms with Crippen molar-refractivity contribution in [3.05, 3.63) is 271 Å². The van der Waals surface area contributed by atoms with Crippen LogP contribution in [0.4, 0.5) is 17.1 Å². The highest BCUT2D eigenvalue weighted by Crippen LogP contribution is 2.64. The number of anilines is 3. The molecule has 0 aromatic heterocycles. The van der Waals surface area contributed by atoms with Crippen molar-refractivity contribution in [1.82, 2.24) is 0 Å². The molecule has 0 saturated heterocycles. The lowest BCUT2D eigenvalue weighted by molar-refractivity contribution is 0.794. The third kappa shape index (κ3) is 5.63. The van der Waals surface area contributed by atoms with E-state index in [-0.39, 0.29) is 0 Å². The van der Waals surface area contributed by atoms with Crippen molar-refractivity contribution in [3.8, 4) is 66.8 Å². The molecule has 0 N–H and O–H groups in total. The highest BCUT2D eigenvalue weighted by atomic mass is 15.1. The second kappa shape index (κ2) is 14.6. The molecule has 290 valence electrons. The third-order valence-corrected chi connectivity index (χ3v) is 13.1. The standard InChI is InChI=1S/C61H41N/c1-3-14-42(15-4-1)44-26-28-45(29-27-44)46-30-32-47(33-31-46)49-36-40-51(41-37-49)62(50-38-34-48(35-39-50)43-16-5-2-6-17-43)59-25-13-24-58-60(59)54-20-9-12-23-57(54)61(58)55-21-10-7-18-52(55)53-19-8-11-22-56(53)61/h1-41H. The molecule has 10 aromatic rings. The first kappa shape index (κ1) is 35.9. The number of hydrogen-bond donors (Lipinski definition) is 0. The number of fused-ring (bicyclic) bond motifs is 10. The summed E-state index contributed by atoms with van der Waals surface area (Å²) in [6.45, 7) is 0. The highest BCUT2D eigenvalue weighted by Gasteiger charge is 2.52. The molecule has 0 heterocycles. The fourth-order valence-electron chi connectivity index (χ4n) is 10.3. The van der Waals surface area contributed by atoms with E-state index in [9.17, 15) is 0 Å². The lowest BCUT2D eigenvalue weighted by Crippen LogP contribution is -2.26. The second-order valence-corrected chi connectivity index (χ2v) is 16.4. The molecule has 62 heavy (non-hydrogen) atoms. The molecule has 12 rings (SSSR count).